The summed E-state index contributed by atoms with van der Waals surface area (Å²) >= 11 is 0. The van der Waals surface area contributed by atoms with Gasteiger partial charge in [-0.2, -0.15) is 0 Å². The van der Waals surface area contributed by atoms with Crippen LogP contribution in [0.2, 0.25) is 0 Å². The van der Waals surface area contributed by atoms with Crippen LogP contribution in [-0.2, 0) is 0 Å². The highest BCUT2D eigenvalue weighted by molar-refractivity contribution is 5.10. The minimum Gasteiger partial charge on any atom is -0.103 e. The maximum Gasteiger partial charge on any atom is -0.0261 e. The van der Waals surface area contributed by atoms with Gasteiger partial charge in [0.15, 0.2) is 0 Å². The molecule has 0 heterocycles. The zero-order chi connectivity index (χ0) is 31.1. The molecule has 236 valence electrons. The average molecular weight is 549 g/mol. The van der Waals surface area contributed by atoms with Gasteiger partial charge < -0.3 is 0 Å². The molecule has 0 aromatic rings. The first-order chi connectivity index (χ1) is 17.8. The van der Waals surface area contributed by atoms with E-state index in [0.717, 1.165) is 29.6 Å². The van der Waals surface area contributed by atoms with Crippen LogP contribution in [0.25, 0.3) is 0 Å². The summed E-state index contributed by atoms with van der Waals surface area (Å²) < 4.78 is 0. The molecule has 0 aromatic carbocycles. The minimum absolute atomic E-state index is 0.556. The van der Waals surface area contributed by atoms with E-state index in [9.17, 15) is 0 Å². The largest absolute Gasteiger partial charge is 0.103 e. The highest BCUT2D eigenvalue weighted by atomic mass is 14.7. The number of rotatable bonds is 10. The van der Waals surface area contributed by atoms with Crippen molar-refractivity contribution in [3.05, 3.63) is 12.7 Å². The summed E-state index contributed by atoms with van der Waals surface area (Å²) in [4.78, 5) is 0. The average Bonchev–Trinajstić information content (AvgIpc) is 2.91. The van der Waals surface area contributed by atoms with Crippen molar-refractivity contribution < 1.29 is 0 Å². The van der Waals surface area contributed by atoms with Crippen molar-refractivity contribution in [2.45, 2.75) is 188 Å². The SMILES string of the molecule is C=CC.CCCC(C)CC(C)C.CCCC(C)CC(C)C.CCCC1(C)CC2(C)CC(C)(C)CC2(C)CC1C. The standard InChI is InChI=1S/C18H34.2C9H20.C3H6/c1-8-9-16(5)13-18(7)12-15(3,4)11-17(18,6)10-14(16)2;2*1-5-6-9(4)7-8(2)3;1-3-2/h14H,8-13H2,1-7H3;2*8-9H,5-7H2,1-4H3;3H,1H2,2H3. The number of allylic oxidation sites excluding steroid dienone is 1. The summed E-state index contributed by atoms with van der Waals surface area (Å²) in [5.41, 5.74) is 2.31. The van der Waals surface area contributed by atoms with E-state index >= 15 is 0 Å². The molecule has 6 atom stereocenters. The predicted molar refractivity (Wildman–Crippen MR) is 184 cm³/mol. The van der Waals surface area contributed by atoms with E-state index in [1.54, 1.807) is 6.08 Å². The zero-order valence-electron chi connectivity index (χ0n) is 30.7. The van der Waals surface area contributed by atoms with Crippen LogP contribution in [0.15, 0.2) is 12.7 Å². The summed E-state index contributed by atoms with van der Waals surface area (Å²) in [6, 6.07) is 0. The second-order valence-corrected chi connectivity index (χ2v) is 16.8. The van der Waals surface area contributed by atoms with Gasteiger partial charge in [0, 0.05) is 0 Å². The molecule has 0 aromatic heterocycles. The number of hydrogen-bond acceptors (Lipinski definition) is 0. The molecular formula is C39H80. The molecule has 0 bridgehead atoms. The molecule has 2 rings (SSSR count). The molecule has 2 aliphatic carbocycles. The smallest absolute Gasteiger partial charge is 0.0261 e. The highest BCUT2D eigenvalue weighted by Crippen LogP contribution is 2.70. The fraction of sp³-hybridized carbons (Fsp3) is 0.949. The Hall–Kier alpha value is -0.260. The second-order valence-electron chi connectivity index (χ2n) is 16.8. The van der Waals surface area contributed by atoms with E-state index in [1.165, 1.54) is 77.0 Å². The van der Waals surface area contributed by atoms with Crippen LogP contribution in [-0.4, -0.2) is 0 Å². The lowest BCUT2D eigenvalue weighted by Gasteiger charge is -2.56. The molecule has 2 fully saturated rings. The molecule has 39 heavy (non-hydrogen) atoms. The van der Waals surface area contributed by atoms with Crippen molar-refractivity contribution in [1.82, 2.24) is 0 Å². The molecule has 0 nitrogen and oxygen atoms in total. The van der Waals surface area contributed by atoms with Crippen LogP contribution in [0.5, 0.6) is 0 Å². The van der Waals surface area contributed by atoms with Crippen molar-refractivity contribution in [3.63, 3.8) is 0 Å². The van der Waals surface area contributed by atoms with Gasteiger partial charge in [0.05, 0.1) is 0 Å². The monoisotopic (exact) mass is 549 g/mol. The summed E-state index contributed by atoms with van der Waals surface area (Å²) in [5, 5.41) is 0. The van der Waals surface area contributed by atoms with Crippen molar-refractivity contribution >= 4 is 0 Å². The Bertz CT molecular complexity index is 594. The molecule has 2 saturated carbocycles. The summed E-state index contributed by atoms with van der Waals surface area (Å²) in [5.74, 6) is 4.53. The highest BCUT2D eigenvalue weighted by Gasteiger charge is 2.61. The molecule has 2 aliphatic rings. The van der Waals surface area contributed by atoms with E-state index in [0.29, 0.717) is 21.7 Å². The maximum absolute atomic E-state index is 3.36. The molecule has 6 unspecified atom stereocenters. The molecule has 0 heteroatoms. The Balaban J connectivity index is 0. The molecule has 0 N–H and O–H groups in total. The van der Waals surface area contributed by atoms with Crippen LogP contribution in [0.1, 0.15) is 188 Å². The van der Waals surface area contributed by atoms with Crippen molar-refractivity contribution in [3.8, 4) is 0 Å². The molecular weight excluding hydrogens is 468 g/mol. The number of hydrogen-bond donors (Lipinski definition) is 0. The fourth-order valence-corrected chi connectivity index (χ4v) is 8.92. The van der Waals surface area contributed by atoms with Crippen molar-refractivity contribution in [2.24, 2.45) is 51.2 Å². The summed E-state index contributed by atoms with van der Waals surface area (Å²) in [6.07, 6.45) is 18.6. The van der Waals surface area contributed by atoms with Gasteiger partial charge in [-0.25, -0.2) is 0 Å². The van der Waals surface area contributed by atoms with Gasteiger partial charge >= 0.3 is 0 Å². The number of fused-ring (bicyclic) bond motifs is 1. The Labute approximate surface area is 251 Å². The lowest BCUT2D eigenvalue weighted by atomic mass is 9.49. The first kappa shape index (κ1) is 40.9. The molecule has 0 spiro atoms. The van der Waals surface area contributed by atoms with Gasteiger partial charge in [-0.3, -0.25) is 0 Å². The van der Waals surface area contributed by atoms with Crippen molar-refractivity contribution in [1.29, 1.82) is 0 Å². The summed E-state index contributed by atoms with van der Waals surface area (Å²) in [6.45, 7) is 41.3. The molecule has 0 radical (unpaired) electrons. The molecule has 0 saturated heterocycles. The zero-order valence-corrected chi connectivity index (χ0v) is 30.7. The quantitative estimate of drug-likeness (QED) is 0.238. The van der Waals surface area contributed by atoms with E-state index in [1.807, 2.05) is 6.92 Å². The van der Waals surface area contributed by atoms with E-state index in [-0.39, 0.29) is 0 Å². The third-order valence-corrected chi connectivity index (χ3v) is 10.1. The van der Waals surface area contributed by atoms with Gasteiger partial charge in [-0.15, -0.1) is 6.58 Å². The van der Waals surface area contributed by atoms with Gasteiger partial charge in [-0.1, -0.05) is 142 Å². The lowest BCUT2D eigenvalue weighted by molar-refractivity contribution is -0.0637. The predicted octanol–water partition coefficient (Wildman–Crippen LogP) is 14.2. The first-order valence-electron chi connectivity index (χ1n) is 17.4. The lowest BCUT2D eigenvalue weighted by Crippen LogP contribution is -2.47. The Kier molecular flexibility index (Phi) is 19.9. The third kappa shape index (κ3) is 15.5. The fourth-order valence-electron chi connectivity index (χ4n) is 8.92. The Morgan fingerprint density at radius 1 is 0.692 bits per heavy atom. The second kappa shape index (κ2) is 19.0. The van der Waals surface area contributed by atoms with Crippen LogP contribution in [0.3, 0.4) is 0 Å². The maximum atomic E-state index is 3.36. The van der Waals surface area contributed by atoms with Gasteiger partial charge in [0.2, 0.25) is 0 Å². The van der Waals surface area contributed by atoms with Crippen LogP contribution in [0.4, 0.5) is 0 Å². The van der Waals surface area contributed by atoms with E-state index in [2.05, 4.69) is 110 Å². The normalized spacial score (nSPS) is 30.6. The van der Waals surface area contributed by atoms with Crippen LogP contribution < -0.4 is 0 Å². The van der Waals surface area contributed by atoms with E-state index < -0.39 is 0 Å². The topological polar surface area (TPSA) is 0 Å². The van der Waals surface area contributed by atoms with Crippen molar-refractivity contribution in [2.75, 3.05) is 0 Å². The first-order valence-corrected chi connectivity index (χ1v) is 17.4. The van der Waals surface area contributed by atoms with Gasteiger partial charge in [-0.05, 0) is 103 Å². The summed E-state index contributed by atoms with van der Waals surface area (Å²) in [7, 11) is 0. The Morgan fingerprint density at radius 3 is 1.41 bits per heavy atom. The molecule has 0 aliphatic heterocycles. The van der Waals surface area contributed by atoms with Gasteiger partial charge in [0.1, 0.15) is 0 Å². The van der Waals surface area contributed by atoms with Crippen LogP contribution >= 0.6 is 0 Å². The van der Waals surface area contributed by atoms with Crippen LogP contribution in [0, 0.1) is 51.2 Å². The minimum atomic E-state index is 0.556. The van der Waals surface area contributed by atoms with E-state index in [4.69, 9.17) is 0 Å². The third-order valence-electron chi connectivity index (χ3n) is 10.1. The molecule has 0 amide bonds. The Morgan fingerprint density at radius 2 is 1.08 bits per heavy atom. The van der Waals surface area contributed by atoms with Gasteiger partial charge in [0.25, 0.3) is 0 Å².